The molecule has 0 aliphatic heterocycles. The van der Waals surface area contributed by atoms with Crippen LogP contribution in [0.1, 0.15) is 104 Å². The van der Waals surface area contributed by atoms with Gasteiger partial charge in [-0.2, -0.15) is 0 Å². The molecule has 0 aromatic rings. The Morgan fingerprint density at radius 1 is 0.700 bits per heavy atom. The predicted octanol–water partition coefficient (Wildman–Crippen LogP) is 5.59. The quantitative estimate of drug-likeness (QED) is 0.415. The summed E-state index contributed by atoms with van der Waals surface area (Å²) in [7, 11) is 0. The molecule has 2 N–H and O–H groups in total. The highest BCUT2D eigenvalue weighted by Gasteiger charge is 2.33. The van der Waals surface area contributed by atoms with Crippen molar-refractivity contribution < 1.29 is 4.79 Å². The number of unbranched alkanes of at least 4 members (excludes halogenated alkanes) is 7. The molecule has 0 fully saturated rings. The van der Waals surface area contributed by atoms with E-state index in [0.29, 0.717) is 0 Å². The van der Waals surface area contributed by atoms with E-state index in [-0.39, 0.29) is 11.3 Å². The molecule has 0 saturated carbocycles. The molecule has 0 heterocycles. The Kier molecular flexibility index (Phi) is 11.9. The van der Waals surface area contributed by atoms with Crippen molar-refractivity contribution in [2.45, 2.75) is 104 Å². The van der Waals surface area contributed by atoms with Crippen molar-refractivity contribution >= 4 is 5.91 Å². The van der Waals surface area contributed by atoms with Crippen LogP contribution in [0.5, 0.6) is 0 Å². The molecule has 0 radical (unpaired) electrons. The van der Waals surface area contributed by atoms with Crippen molar-refractivity contribution in [1.82, 2.24) is 0 Å². The van der Waals surface area contributed by atoms with Gasteiger partial charge in [-0.15, -0.1) is 0 Å². The molecule has 0 saturated heterocycles. The molecule has 2 heteroatoms. The fraction of sp³-hybridized carbons (Fsp3) is 0.944. The van der Waals surface area contributed by atoms with E-state index in [1.54, 1.807) is 0 Å². The molecular weight excluding hydrogens is 246 g/mol. The molecule has 0 atom stereocenters. The van der Waals surface area contributed by atoms with Gasteiger partial charge >= 0.3 is 0 Å². The predicted molar refractivity (Wildman–Crippen MR) is 88.7 cm³/mol. The lowest BCUT2D eigenvalue weighted by atomic mass is 9.74. The van der Waals surface area contributed by atoms with E-state index in [0.717, 1.165) is 38.5 Å². The minimum atomic E-state index is -0.217. The van der Waals surface area contributed by atoms with Crippen LogP contribution in [0, 0.1) is 5.41 Å². The van der Waals surface area contributed by atoms with Crippen molar-refractivity contribution in [3.63, 3.8) is 0 Å². The van der Waals surface area contributed by atoms with Gasteiger partial charge in [0.1, 0.15) is 0 Å². The first-order chi connectivity index (χ1) is 9.63. The standard InChI is InChI=1S/C18H37NO/c1-4-7-8-9-10-11-12-13-16-18(14-5-2,15-6-3)17(19)20/h4-16H2,1-3H3,(H2,19,20). The number of carbonyl (C=O) groups excluding carboxylic acids is 1. The van der Waals surface area contributed by atoms with Gasteiger partial charge < -0.3 is 5.73 Å². The lowest BCUT2D eigenvalue weighted by Gasteiger charge is -2.30. The van der Waals surface area contributed by atoms with Crippen LogP contribution in [0.4, 0.5) is 0 Å². The smallest absolute Gasteiger partial charge is 0.223 e. The van der Waals surface area contributed by atoms with Gasteiger partial charge in [0.25, 0.3) is 0 Å². The number of amides is 1. The first-order valence-corrected chi connectivity index (χ1v) is 8.92. The number of carbonyl (C=O) groups is 1. The summed E-state index contributed by atoms with van der Waals surface area (Å²) in [4.78, 5) is 11.9. The lowest BCUT2D eigenvalue weighted by molar-refractivity contribution is -0.129. The number of hydrogen-bond acceptors (Lipinski definition) is 1. The molecular formula is C18H37NO. The van der Waals surface area contributed by atoms with Crippen LogP contribution >= 0.6 is 0 Å². The number of primary amides is 1. The monoisotopic (exact) mass is 283 g/mol. The Morgan fingerprint density at radius 3 is 1.55 bits per heavy atom. The molecule has 0 rings (SSSR count). The second-order valence-electron chi connectivity index (χ2n) is 6.37. The average Bonchev–Trinajstić information content (AvgIpc) is 2.42. The summed E-state index contributed by atoms with van der Waals surface area (Å²) in [6, 6.07) is 0. The van der Waals surface area contributed by atoms with Crippen LogP contribution in [-0.2, 0) is 4.79 Å². The zero-order chi connectivity index (χ0) is 15.3. The van der Waals surface area contributed by atoms with Gasteiger partial charge in [0, 0.05) is 5.41 Å². The average molecular weight is 283 g/mol. The van der Waals surface area contributed by atoms with Crippen molar-refractivity contribution in [3.8, 4) is 0 Å². The van der Waals surface area contributed by atoms with Crippen LogP contribution in [0.2, 0.25) is 0 Å². The fourth-order valence-corrected chi connectivity index (χ4v) is 3.30. The Hall–Kier alpha value is -0.530. The lowest BCUT2D eigenvalue weighted by Crippen LogP contribution is -2.37. The number of rotatable bonds is 14. The van der Waals surface area contributed by atoms with Crippen molar-refractivity contribution in [3.05, 3.63) is 0 Å². The second-order valence-corrected chi connectivity index (χ2v) is 6.37. The van der Waals surface area contributed by atoms with Crippen molar-refractivity contribution in [2.75, 3.05) is 0 Å². The van der Waals surface area contributed by atoms with E-state index < -0.39 is 0 Å². The highest BCUT2D eigenvalue weighted by atomic mass is 16.1. The summed E-state index contributed by atoms with van der Waals surface area (Å²) >= 11 is 0. The van der Waals surface area contributed by atoms with E-state index in [2.05, 4.69) is 20.8 Å². The molecule has 2 nitrogen and oxygen atoms in total. The first kappa shape index (κ1) is 19.5. The molecule has 0 aliphatic rings. The van der Waals surface area contributed by atoms with E-state index in [9.17, 15) is 4.79 Å². The van der Waals surface area contributed by atoms with Gasteiger partial charge in [-0.05, 0) is 19.3 Å². The van der Waals surface area contributed by atoms with Crippen LogP contribution in [0.25, 0.3) is 0 Å². The highest BCUT2D eigenvalue weighted by molar-refractivity contribution is 5.80. The molecule has 120 valence electrons. The van der Waals surface area contributed by atoms with Crippen LogP contribution < -0.4 is 5.73 Å². The second kappa shape index (κ2) is 12.2. The zero-order valence-electron chi connectivity index (χ0n) is 14.2. The third-order valence-electron chi connectivity index (χ3n) is 4.49. The maximum Gasteiger partial charge on any atom is 0.223 e. The Balaban J connectivity index is 3.93. The van der Waals surface area contributed by atoms with Gasteiger partial charge in [-0.25, -0.2) is 0 Å². The van der Waals surface area contributed by atoms with E-state index in [1.165, 1.54) is 44.9 Å². The Morgan fingerprint density at radius 2 is 1.15 bits per heavy atom. The Bertz CT molecular complexity index is 232. The highest BCUT2D eigenvalue weighted by Crippen LogP contribution is 2.35. The minimum Gasteiger partial charge on any atom is -0.369 e. The summed E-state index contributed by atoms with van der Waals surface area (Å²) in [6.45, 7) is 6.56. The van der Waals surface area contributed by atoms with E-state index in [1.807, 2.05) is 0 Å². The molecule has 1 amide bonds. The minimum absolute atomic E-state index is 0.0656. The van der Waals surface area contributed by atoms with Gasteiger partial charge in [0.2, 0.25) is 5.91 Å². The van der Waals surface area contributed by atoms with Gasteiger partial charge in [-0.3, -0.25) is 4.79 Å². The topological polar surface area (TPSA) is 43.1 Å². The van der Waals surface area contributed by atoms with E-state index >= 15 is 0 Å². The van der Waals surface area contributed by atoms with Crippen molar-refractivity contribution in [2.24, 2.45) is 11.1 Å². The van der Waals surface area contributed by atoms with E-state index in [4.69, 9.17) is 5.73 Å². The summed E-state index contributed by atoms with van der Waals surface area (Å²) in [5, 5.41) is 0. The fourth-order valence-electron chi connectivity index (χ4n) is 3.30. The maximum absolute atomic E-state index is 11.9. The van der Waals surface area contributed by atoms with Crippen LogP contribution in [0.3, 0.4) is 0 Å². The number of hydrogen-bond donors (Lipinski definition) is 1. The maximum atomic E-state index is 11.9. The summed E-state index contributed by atoms with van der Waals surface area (Å²) < 4.78 is 0. The third-order valence-corrected chi connectivity index (χ3v) is 4.49. The van der Waals surface area contributed by atoms with Crippen LogP contribution in [0.15, 0.2) is 0 Å². The molecule has 0 aliphatic carbocycles. The Labute approximate surface area is 126 Å². The van der Waals surface area contributed by atoms with Crippen LogP contribution in [-0.4, -0.2) is 5.91 Å². The summed E-state index contributed by atoms with van der Waals surface area (Å²) in [5.74, 6) is -0.0656. The molecule has 0 bridgehead atoms. The SMILES string of the molecule is CCCCCCCCCCC(CCC)(CCC)C(N)=O. The molecule has 0 aromatic heterocycles. The molecule has 0 spiro atoms. The van der Waals surface area contributed by atoms with Gasteiger partial charge in [0.05, 0.1) is 0 Å². The normalized spacial score (nSPS) is 11.8. The third kappa shape index (κ3) is 7.91. The van der Waals surface area contributed by atoms with Gasteiger partial charge in [0.15, 0.2) is 0 Å². The number of nitrogens with two attached hydrogens (primary N) is 1. The van der Waals surface area contributed by atoms with Crippen molar-refractivity contribution in [1.29, 1.82) is 0 Å². The zero-order valence-corrected chi connectivity index (χ0v) is 14.2. The van der Waals surface area contributed by atoms with Gasteiger partial charge in [-0.1, -0.05) is 85.0 Å². The summed E-state index contributed by atoms with van der Waals surface area (Å²) in [5.41, 5.74) is 5.48. The largest absolute Gasteiger partial charge is 0.369 e. The summed E-state index contributed by atoms with van der Waals surface area (Å²) in [6.07, 6.45) is 15.6. The first-order valence-electron chi connectivity index (χ1n) is 8.92. The molecule has 0 unspecified atom stereocenters. The molecule has 20 heavy (non-hydrogen) atoms. The molecule has 0 aromatic carbocycles.